The predicted octanol–water partition coefficient (Wildman–Crippen LogP) is 4.75. The van der Waals surface area contributed by atoms with Crippen LogP contribution in [0.4, 0.5) is 18.9 Å². The average Bonchev–Trinajstić information content (AvgIpc) is 2.41. The minimum absolute atomic E-state index is 0.185. The van der Waals surface area contributed by atoms with Crippen LogP contribution in [0.3, 0.4) is 0 Å². The number of benzene rings is 2. The standard InChI is InChI=1S/C13H9ClF3NO2S2/c14-9-6-7-11(18-22(19,20)13(15,16)17)12(8-9)21-10-4-2-1-3-5-10/h1-8,18H. The van der Waals surface area contributed by atoms with Gasteiger partial charge in [0.05, 0.1) is 5.69 Å². The first-order chi connectivity index (χ1) is 10.2. The summed E-state index contributed by atoms with van der Waals surface area (Å²) in [7, 11) is -5.48. The van der Waals surface area contributed by atoms with Crippen LogP contribution in [0.1, 0.15) is 0 Å². The molecule has 0 heterocycles. The number of alkyl halides is 3. The maximum absolute atomic E-state index is 12.5. The molecule has 3 nitrogen and oxygen atoms in total. The highest BCUT2D eigenvalue weighted by atomic mass is 35.5. The predicted molar refractivity (Wildman–Crippen MR) is 80.6 cm³/mol. The zero-order valence-electron chi connectivity index (χ0n) is 10.8. The molecule has 0 aliphatic carbocycles. The van der Waals surface area contributed by atoms with E-state index in [1.165, 1.54) is 18.2 Å². The monoisotopic (exact) mass is 367 g/mol. The van der Waals surface area contributed by atoms with Crippen molar-refractivity contribution in [1.29, 1.82) is 0 Å². The highest BCUT2D eigenvalue weighted by Gasteiger charge is 2.46. The van der Waals surface area contributed by atoms with Crippen LogP contribution in [0.25, 0.3) is 0 Å². The molecule has 0 amide bonds. The first kappa shape index (κ1) is 17.0. The number of rotatable bonds is 4. The largest absolute Gasteiger partial charge is 0.516 e. The van der Waals surface area contributed by atoms with Gasteiger partial charge >= 0.3 is 15.5 Å². The maximum atomic E-state index is 12.5. The highest BCUT2D eigenvalue weighted by Crippen LogP contribution is 2.37. The van der Waals surface area contributed by atoms with Crippen LogP contribution in [-0.2, 0) is 10.0 Å². The third-order valence-corrected chi connectivity index (χ3v) is 4.86. The van der Waals surface area contributed by atoms with Gasteiger partial charge in [-0.25, -0.2) is 0 Å². The van der Waals surface area contributed by atoms with E-state index in [1.54, 1.807) is 35.1 Å². The minimum atomic E-state index is -5.48. The molecular weight excluding hydrogens is 359 g/mol. The van der Waals surface area contributed by atoms with Crippen molar-refractivity contribution in [2.75, 3.05) is 4.72 Å². The first-order valence-electron chi connectivity index (χ1n) is 5.80. The van der Waals surface area contributed by atoms with Crippen LogP contribution < -0.4 is 4.72 Å². The van der Waals surface area contributed by atoms with Crippen molar-refractivity contribution in [1.82, 2.24) is 0 Å². The minimum Gasteiger partial charge on any atom is -0.275 e. The second-order valence-corrected chi connectivity index (χ2v) is 7.33. The van der Waals surface area contributed by atoms with Crippen LogP contribution in [0, 0.1) is 0 Å². The molecule has 0 unspecified atom stereocenters. The lowest BCUT2D eigenvalue weighted by molar-refractivity contribution is -0.0429. The zero-order valence-corrected chi connectivity index (χ0v) is 13.2. The van der Waals surface area contributed by atoms with Crippen molar-refractivity contribution in [3.63, 3.8) is 0 Å². The molecule has 22 heavy (non-hydrogen) atoms. The summed E-state index contributed by atoms with van der Waals surface area (Å²) in [5.74, 6) is 0. The molecule has 0 bridgehead atoms. The van der Waals surface area contributed by atoms with Crippen molar-refractivity contribution in [2.45, 2.75) is 15.3 Å². The smallest absolute Gasteiger partial charge is 0.275 e. The van der Waals surface area contributed by atoms with Crippen molar-refractivity contribution in [2.24, 2.45) is 0 Å². The molecule has 0 fully saturated rings. The van der Waals surface area contributed by atoms with Gasteiger partial charge in [0.15, 0.2) is 0 Å². The number of anilines is 1. The summed E-state index contributed by atoms with van der Waals surface area (Å²) in [6.07, 6.45) is 0. The number of hydrogen-bond acceptors (Lipinski definition) is 3. The Morgan fingerprint density at radius 2 is 1.68 bits per heavy atom. The molecule has 9 heteroatoms. The van der Waals surface area contributed by atoms with Gasteiger partial charge in [-0.15, -0.1) is 0 Å². The molecule has 118 valence electrons. The summed E-state index contributed by atoms with van der Waals surface area (Å²) in [5, 5.41) is 0.286. The molecule has 0 saturated heterocycles. The summed E-state index contributed by atoms with van der Waals surface area (Å²) < 4.78 is 61.4. The summed E-state index contributed by atoms with van der Waals surface area (Å²) >= 11 is 6.93. The van der Waals surface area contributed by atoms with Gasteiger partial charge < -0.3 is 0 Å². The number of sulfonamides is 1. The van der Waals surface area contributed by atoms with Crippen molar-refractivity contribution in [3.05, 3.63) is 53.6 Å². The summed E-state index contributed by atoms with van der Waals surface area (Å²) in [5.41, 5.74) is -5.57. The van der Waals surface area contributed by atoms with E-state index >= 15 is 0 Å². The van der Waals surface area contributed by atoms with Gasteiger partial charge in [-0.2, -0.15) is 21.6 Å². The lowest BCUT2D eigenvalue weighted by Crippen LogP contribution is -2.30. The van der Waals surface area contributed by atoms with E-state index in [4.69, 9.17) is 11.6 Å². The van der Waals surface area contributed by atoms with Gasteiger partial charge in [0.2, 0.25) is 0 Å². The molecule has 0 saturated carbocycles. The Bertz CT molecular complexity index is 765. The third kappa shape index (κ3) is 4.08. The molecule has 0 aliphatic heterocycles. The molecule has 0 spiro atoms. The first-order valence-corrected chi connectivity index (χ1v) is 8.48. The van der Waals surface area contributed by atoms with Crippen molar-refractivity contribution >= 4 is 39.1 Å². The number of nitrogens with one attached hydrogen (secondary N) is 1. The Morgan fingerprint density at radius 1 is 1.05 bits per heavy atom. The van der Waals surface area contributed by atoms with Gasteiger partial charge in [0, 0.05) is 14.8 Å². The molecule has 1 N–H and O–H groups in total. The molecule has 2 aromatic rings. The third-order valence-electron chi connectivity index (χ3n) is 2.46. The fourth-order valence-corrected chi connectivity index (χ4v) is 3.33. The van der Waals surface area contributed by atoms with Crippen LogP contribution >= 0.6 is 23.4 Å². The summed E-state index contributed by atoms with van der Waals surface area (Å²) in [4.78, 5) is 1.00. The molecular formula is C13H9ClF3NO2S2. The fraction of sp³-hybridized carbons (Fsp3) is 0.0769. The quantitative estimate of drug-likeness (QED) is 0.848. The van der Waals surface area contributed by atoms with Gasteiger partial charge in [-0.05, 0) is 30.3 Å². The lowest BCUT2D eigenvalue weighted by Gasteiger charge is -2.14. The number of hydrogen-bond donors (Lipinski definition) is 1. The van der Waals surface area contributed by atoms with E-state index in [-0.39, 0.29) is 15.6 Å². The molecule has 0 aliphatic rings. The Balaban J connectivity index is 2.37. The second-order valence-electron chi connectivity index (χ2n) is 4.11. The van der Waals surface area contributed by atoms with E-state index in [0.29, 0.717) is 0 Å². The second kappa shape index (κ2) is 6.39. The van der Waals surface area contributed by atoms with Crippen molar-refractivity contribution < 1.29 is 21.6 Å². The van der Waals surface area contributed by atoms with E-state index in [1.807, 2.05) is 0 Å². The van der Waals surface area contributed by atoms with Crippen LogP contribution in [0.5, 0.6) is 0 Å². The van der Waals surface area contributed by atoms with E-state index in [2.05, 4.69) is 0 Å². The van der Waals surface area contributed by atoms with Gasteiger partial charge in [0.25, 0.3) is 0 Å². The van der Waals surface area contributed by atoms with Crippen LogP contribution in [0.2, 0.25) is 5.02 Å². The molecule has 0 aromatic heterocycles. The summed E-state index contributed by atoms with van der Waals surface area (Å²) in [6.45, 7) is 0. The van der Waals surface area contributed by atoms with Gasteiger partial charge in [-0.3, -0.25) is 4.72 Å². The van der Waals surface area contributed by atoms with Crippen molar-refractivity contribution in [3.8, 4) is 0 Å². The number of halogens is 4. The van der Waals surface area contributed by atoms with E-state index in [9.17, 15) is 21.6 Å². The highest BCUT2D eigenvalue weighted by molar-refractivity contribution is 7.99. The molecule has 2 aromatic carbocycles. The van der Waals surface area contributed by atoms with Gasteiger partial charge in [-0.1, -0.05) is 41.6 Å². The Kier molecular flexibility index (Phi) is 4.93. The SMILES string of the molecule is O=S(=O)(Nc1ccc(Cl)cc1Sc1ccccc1)C(F)(F)F. The molecule has 0 radical (unpaired) electrons. The van der Waals surface area contributed by atoms with Crippen LogP contribution in [-0.4, -0.2) is 13.9 Å². The fourth-order valence-electron chi connectivity index (χ4n) is 1.48. The molecule has 2 rings (SSSR count). The Hall–Kier alpha value is -1.38. The topological polar surface area (TPSA) is 46.2 Å². The Morgan fingerprint density at radius 3 is 2.27 bits per heavy atom. The normalized spacial score (nSPS) is 12.2. The Labute approximate surface area is 134 Å². The molecule has 0 atom stereocenters. The maximum Gasteiger partial charge on any atom is 0.516 e. The average molecular weight is 368 g/mol. The van der Waals surface area contributed by atoms with Gasteiger partial charge in [0.1, 0.15) is 0 Å². The van der Waals surface area contributed by atoms with E-state index < -0.39 is 15.5 Å². The lowest BCUT2D eigenvalue weighted by atomic mass is 10.3. The zero-order chi connectivity index (χ0) is 16.4. The van der Waals surface area contributed by atoms with Crippen LogP contribution in [0.15, 0.2) is 58.3 Å². The van der Waals surface area contributed by atoms with E-state index in [0.717, 1.165) is 16.7 Å². The summed E-state index contributed by atoms with van der Waals surface area (Å²) in [6, 6.07) is 12.7.